The molecular weight excluding hydrogens is 801 g/mol. The zero-order valence-electron chi connectivity index (χ0n) is 30.7. The van der Waals surface area contributed by atoms with Gasteiger partial charge in [-0.2, -0.15) is 27.1 Å². The number of nitrogens with zero attached hydrogens (tertiary/aromatic N) is 4. The molecule has 0 heterocycles. The van der Waals surface area contributed by atoms with Gasteiger partial charge in [0.15, 0.2) is 34.5 Å². The minimum Gasteiger partial charge on any atom is -0.505 e. The number of carbonyl (C=O) groups excluding carboxylic acids is 1. The Kier molecular flexibility index (Phi) is 11.3. The molecule has 6 N–H and O–H groups in total. The topological polar surface area (TPSA) is 277 Å². The van der Waals surface area contributed by atoms with E-state index in [1.807, 2.05) is 0 Å². The summed E-state index contributed by atoms with van der Waals surface area (Å²) in [6.45, 7) is 0. The van der Waals surface area contributed by atoms with E-state index in [1.165, 1.54) is 89.1 Å². The highest BCUT2D eigenvalue weighted by Gasteiger charge is 2.24. The highest BCUT2D eigenvalue weighted by molar-refractivity contribution is 7.86. The van der Waals surface area contributed by atoms with Gasteiger partial charge in [-0.15, -0.1) is 10.2 Å². The molecule has 2 amide bonds. The molecule has 0 aliphatic rings. The number of hydrogen-bond acceptors (Lipinski definition) is 15. The number of azo groups is 2. The molecule has 6 aromatic rings. The third kappa shape index (κ3) is 8.51. The number of benzene rings is 6. The molecule has 0 bridgehead atoms. The molecule has 0 unspecified atom stereocenters. The van der Waals surface area contributed by atoms with E-state index < -0.39 is 58.9 Å². The number of aromatic hydroxyl groups is 2. The van der Waals surface area contributed by atoms with Crippen LogP contribution < -0.4 is 29.6 Å². The molecule has 0 saturated heterocycles. The number of carbonyl (C=O) groups is 1. The van der Waals surface area contributed by atoms with Gasteiger partial charge in [-0.3, -0.25) is 9.11 Å². The molecular formula is C37H32N6O13S2. The van der Waals surface area contributed by atoms with Gasteiger partial charge in [0.1, 0.15) is 21.2 Å². The summed E-state index contributed by atoms with van der Waals surface area (Å²) in [6.07, 6.45) is 0. The number of fused-ring (bicyclic) bond motifs is 2. The molecule has 19 nitrogen and oxygen atoms in total. The standard InChI is InChI=1S/C37H32N6O13S2/c1-53-27-11-7-23(17-29(27)55-3)40-42-33-31(57(47,48)49)15-19-13-21(5-9-25(19)35(33)44)38-37(46)39-22-6-10-26-20(14-22)16-32(58(50,51)52)34(36(26)45)43-41-24-8-12-28(54-2)30(18-24)56-4/h5-18,44-45H,1-4H3,(H2,38,39,46)(H,47,48,49)(H,50,51,52). The van der Waals surface area contributed by atoms with Crippen LogP contribution in [0.5, 0.6) is 34.5 Å². The molecule has 0 aromatic heterocycles. The highest BCUT2D eigenvalue weighted by atomic mass is 32.2. The molecule has 0 atom stereocenters. The summed E-state index contributed by atoms with van der Waals surface area (Å²) in [4.78, 5) is 11.5. The zero-order valence-corrected chi connectivity index (χ0v) is 32.3. The van der Waals surface area contributed by atoms with Crippen molar-refractivity contribution in [2.75, 3.05) is 39.1 Å². The van der Waals surface area contributed by atoms with Gasteiger partial charge in [-0.25, -0.2) is 4.79 Å². The van der Waals surface area contributed by atoms with Crippen molar-refractivity contribution < 1.29 is 59.9 Å². The Labute approximate surface area is 329 Å². The summed E-state index contributed by atoms with van der Waals surface area (Å²) < 4.78 is 90.5. The molecule has 6 aromatic carbocycles. The smallest absolute Gasteiger partial charge is 0.323 e. The van der Waals surface area contributed by atoms with E-state index in [0.29, 0.717) is 23.0 Å². The van der Waals surface area contributed by atoms with Gasteiger partial charge < -0.3 is 39.8 Å². The summed E-state index contributed by atoms with van der Waals surface area (Å²) in [7, 11) is -4.22. The van der Waals surface area contributed by atoms with Gasteiger partial charge in [0.05, 0.1) is 39.8 Å². The summed E-state index contributed by atoms with van der Waals surface area (Å²) in [5.74, 6) is 0.183. The second-order valence-corrected chi connectivity index (χ2v) is 14.8. The van der Waals surface area contributed by atoms with Gasteiger partial charge in [0, 0.05) is 34.3 Å². The largest absolute Gasteiger partial charge is 0.505 e. The van der Waals surface area contributed by atoms with Crippen LogP contribution in [-0.4, -0.2) is 70.6 Å². The summed E-state index contributed by atoms with van der Waals surface area (Å²) >= 11 is 0. The van der Waals surface area contributed by atoms with Crippen LogP contribution >= 0.6 is 0 Å². The SMILES string of the molecule is COc1ccc(N=Nc2c(S(=O)(=O)O)cc3cc(NC(=O)Nc4ccc5c(O)c(N=Nc6ccc(OC)c(OC)c6)c(S(=O)(=O)O)cc5c4)ccc3c2O)cc1OC. The van der Waals surface area contributed by atoms with Crippen LogP contribution in [0.2, 0.25) is 0 Å². The first kappa shape index (κ1) is 40.6. The van der Waals surface area contributed by atoms with Crippen LogP contribution in [0.15, 0.2) is 115 Å². The first-order chi connectivity index (χ1) is 27.5. The average Bonchev–Trinajstić information content (AvgIpc) is 3.18. The number of nitrogens with one attached hydrogen (secondary N) is 2. The van der Waals surface area contributed by atoms with Crippen LogP contribution in [-0.2, 0) is 20.2 Å². The van der Waals surface area contributed by atoms with Gasteiger partial charge in [0.2, 0.25) is 0 Å². The van der Waals surface area contributed by atoms with Crippen molar-refractivity contribution in [1.82, 2.24) is 0 Å². The normalized spacial score (nSPS) is 12.0. The van der Waals surface area contributed by atoms with Crippen molar-refractivity contribution in [1.29, 1.82) is 0 Å². The van der Waals surface area contributed by atoms with Gasteiger partial charge >= 0.3 is 6.03 Å². The average molecular weight is 833 g/mol. The van der Waals surface area contributed by atoms with Gasteiger partial charge in [-0.05, 0) is 83.6 Å². The van der Waals surface area contributed by atoms with Crippen LogP contribution in [0.25, 0.3) is 21.5 Å². The fraction of sp³-hybridized carbons (Fsp3) is 0.108. The van der Waals surface area contributed by atoms with Crippen molar-refractivity contribution >= 4 is 81.9 Å². The predicted octanol–water partition coefficient (Wildman–Crippen LogP) is 8.41. The van der Waals surface area contributed by atoms with Crippen molar-refractivity contribution in [2.24, 2.45) is 20.5 Å². The molecule has 58 heavy (non-hydrogen) atoms. The van der Waals surface area contributed by atoms with Gasteiger partial charge in [0.25, 0.3) is 20.2 Å². The molecule has 21 heteroatoms. The fourth-order valence-electron chi connectivity index (χ4n) is 5.73. The first-order valence-electron chi connectivity index (χ1n) is 16.4. The maximum absolute atomic E-state index is 13.1. The number of phenols is 2. The van der Waals surface area contributed by atoms with E-state index in [-0.39, 0.29) is 44.3 Å². The molecule has 300 valence electrons. The monoisotopic (exact) mass is 832 g/mol. The van der Waals surface area contributed by atoms with Crippen molar-refractivity contribution in [3.05, 3.63) is 84.9 Å². The number of phenolic OH excluding ortho intramolecular Hbond substituents is 2. The molecule has 0 spiro atoms. The number of urea groups is 1. The minimum absolute atomic E-state index is 0.0889. The van der Waals surface area contributed by atoms with Crippen LogP contribution in [0.1, 0.15) is 0 Å². The van der Waals surface area contributed by atoms with E-state index in [9.17, 15) is 40.9 Å². The Bertz CT molecular complexity index is 2710. The van der Waals surface area contributed by atoms with E-state index in [4.69, 9.17) is 18.9 Å². The molecule has 0 fully saturated rings. The number of amides is 2. The number of methoxy groups -OCH3 is 4. The summed E-state index contributed by atoms with van der Waals surface area (Å²) in [5, 5.41) is 43.4. The maximum atomic E-state index is 13.1. The van der Waals surface area contributed by atoms with Gasteiger partial charge in [-0.1, -0.05) is 0 Å². The minimum atomic E-state index is -4.96. The van der Waals surface area contributed by atoms with Crippen LogP contribution in [0.4, 0.5) is 38.9 Å². The Morgan fingerprint density at radius 3 is 1.24 bits per heavy atom. The van der Waals surface area contributed by atoms with Crippen molar-refractivity contribution in [3.63, 3.8) is 0 Å². The Balaban J connectivity index is 1.26. The molecule has 0 aliphatic carbocycles. The number of anilines is 2. The third-order valence-corrected chi connectivity index (χ3v) is 10.2. The van der Waals surface area contributed by atoms with E-state index >= 15 is 0 Å². The quantitative estimate of drug-likeness (QED) is 0.0500. The number of hydrogen-bond donors (Lipinski definition) is 6. The van der Waals surface area contributed by atoms with E-state index in [1.54, 1.807) is 12.1 Å². The summed E-state index contributed by atoms with van der Waals surface area (Å²) in [5.41, 5.74) is -0.412. The lowest BCUT2D eigenvalue weighted by Gasteiger charge is -2.13. The maximum Gasteiger partial charge on any atom is 0.323 e. The zero-order chi connectivity index (χ0) is 41.9. The number of ether oxygens (including phenoxy) is 4. The fourth-order valence-corrected chi connectivity index (χ4v) is 7.04. The lowest BCUT2D eigenvalue weighted by molar-refractivity contribution is 0.262. The molecule has 0 radical (unpaired) electrons. The molecule has 0 aliphatic heterocycles. The highest BCUT2D eigenvalue weighted by Crippen LogP contribution is 2.44. The second kappa shape index (κ2) is 16.2. The lowest BCUT2D eigenvalue weighted by atomic mass is 10.1. The third-order valence-electron chi connectivity index (χ3n) is 8.44. The Morgan fingerprint density at radius 2 is 0.897 bits per heavy atom. The first-order valence-corrected chi connectivity index (χ1v) is 19.3. The molecule has 0 saturated carbocycles. The summed E-state index contributed by atoms with van der Waals surface area (Å²) in [6, 6.07) is 18.5. The van der Waals surface area contributed by atoms with E-state index in [2.05, 4.69) is 31.1 Å². The number of rotatable bonds is 12. The Morgan fingerprint density at radius 1 is 0.517 bits per heavy atom. The van der Waals surface area contributed by atoms with Crippen LogP contribution in [0, 0.1) is 0 Å². The lowest BCUT2D eigenvalue weighted by Crippen LogP contribution is -2.19. The molecule has 6 rings (SSSR count). The van der Waals surface area contributed by atoms with Crippen molar-refractivity contribution in [2.45, 2.75) is 9.79 Å². The van der Waals surface area contributed by atoms with E-state index in [0.717, 1.165) is 12.1 Å². The Hall–Kier alpha value is -7.07. The van der Waals surface area contributed by atoms with Crippen molar-refractivity contribution in [3.8, 4) is 34.5 Å². The second-order valence-electron chi connectivity index (χ2n) is 12.0. The predicted molar refractivity (Wildman–Crippen MR) is 211 cm³/mol. The van der Waals surface area contributed by atoms with Crippen LogP contribution in [0.3, 0.4) is 0 Å².